The van der Waals surface area contributed by atoms with Crippen LogP contribution >= 0.6 is 0 Å². The Labute approximate surface area is 260 Å². The van der Waals surface area contributed by atoms with Gasteiger partial charge in [-0.2, -0.15) is 4.39 Å². The fraction of sp³-hybridized carbons (Fsp3) is 0.371. The molecule has 1 aliphatic carbocycles. The van der Waals surface area contributed by atoms with Gasteiger partial charge in [0.25, 0.3) is 5.91 Å². The third-order valence-corrected chi connectivity index (χ3v) is 9.01. The minimum absolute atomic E-state index is 0.00210. The Morgan fingerprint density at radius 3 is 2.44 bits per heavy atom. The molecular weight excluding hydrogens is 583 g/mol. The van der Waals surface area contributed by atoms with E-state index in [1.54, 1.807) is 0 Å². The molecule has 2 bridgehead atoms. The zero-order chi connectivity index (χ0) is 31.7. The van der Waals surface area contributed by atoms with Gasteiger partial charge in [-0.3, -0.25) is 9.69 Å². The predicted molar refractivity (Wildman–Crippen MR) is 163 cm³/mol. The Morgan fingerprint density at radius 1 is 1.00 bits per heavy atom. The molecule has 2 heterocycles. The maximum absolute atomic E-state index is 14.5. The molecule has 1 saturated carbocycles. The van der Waals surface area contributed by atoms with Crippen molar-refractivity contribution in [2.45, 2.75) is 63.7 Å². The van der Waals surface area contributed by atoms with E-state index in [-0.39, 0.29) is 24.6 Å². The number of carbonyl (C=O) groups is 2. The number of fused-ring (bicyclic) bond motifs is 2. The molecule has 6 rings (SSSR count). The molecule has 2 amide bonds. The van der Waals surface area contributed by atoms with E-state index in [9.17, 15) is 27.9 Å². The number of nitrogens with one attached hydrogen (secondary N) is 1. The Kier molecular flexibility index (Phi) is 8.85. The molecule has 236 valence electrons. The van der Waals surface area contributed by atoms with Gasteiger partial charge >= 0.3 is 6.09 Å². The molecular formula is C35H36F3N3O4. The lowest BCUT2D eigenvalue weighted by Crippen LogP contribution is -2.63. The second-order valence-corrected chi connectivity index (χ2v) is 12.0. The molecule has 2 atom stereocenters. The van der Waals surface area contributed by atoms with Crippen LogP contribution in [0.3, 0.4) is 0 Å². The van der Waals surface area contributed by atoms with Gasteiger partial charge in [-0.25, -0.2) is 13.6 Å². The molecule has 0 radical (unpaired) electrons. The van der Waals surface area contributed by atoms with Crippen LogP contribution in [-0.2, 0) is 17.8 Å². The summed E-state index contributed by atoms with van der Waals surface area (Å²) >= 11 is 0. The van der Waals surface area contributed by atoms with Crippen molar-refractivity contribution in [3.05, 3.63) is 106 Å². The zero-order valence-electron chi connectivity index (χ0n) is 25.1. The first-order valence-electron chi connectivity index (χ1n) is 15.4. The summed E-state index contributed by atoms with van der Waals surface area (Å²) in [7, 11) is 0. The number of carbonyl (C=O) groups excluding carboxylic acids is 1. The van der Waals surface area contributed by atoms with Crippen LogP contribution in [0.1, 0.15) is 47.9 Å². The van der Waals surface area contributed by atoms with E-state index >= 15 is 0 Å². The summed E-state index contributed by atoms with van der Waals surface area (Å²) in [6, 6.07) is 16.6. The number of nitrogens with zero attached hydrogens (tertiary/aromatic N) is 2. The van der Waals surface area contributed by atoms with Gasteiger partial charge in [-0.05, 0) is 79.0 Å². The quantitative estimate of drug-likeness (QED) is 0.212. The first-order chi connectivity index (χ1) is 21.7. The molecule has 7 nitrogen and oxygen atoms in total. The standard InChI is InChI=1S/C35H36F3N3O4/c1-21-5-2-3-7-24(21)20-40(25-12-13-25)34(42)31-27(17-26-18-39-19-30(31)41(26)35(43)44)23-10-8-22(9-11-23)6-4-16-45-33-29(37)15-14-28(36)32(33)38/h2-3,5,7-11,14-15,25-26,30,39H,4,6,12-13,16-20H2,1H3,(H,43,44). The van der Waals surface area contributed by atoms with Crippen molar-refractivity contribution >= 4 is 17.6 Å². The lowest BCUT2D eigenvalue weighted by molar-refractivity contribution is -0.129. The summed E-state index contributed by atoms with van der Waals surface area (Å²) < 4.78 is 46.4. The number of amides is 2. The largest absolute Gasteiger partial charge is 0.488 e. The van der Waals surface area contributed by atoms with Crippen LogP contribution in [0.25, 0.3) is 5.57 Å². The molecule has 2 aliphatic heterocycles. The van der Waals surface area contributed by atoms with E-state index in [2.05, 4.69) is 5.32 Å². The second-order valence-electron chi connectivity index (χ2n) is 12.0. The third kappa shape index (κ3) is 6.42. The topological polar surface area (TPSA) is 82.1 Å². The first-order valence-corrected chi connectivity index (χ1v) is 15.4. The number of halogens is 3. The summed E-state index contributed by atoms with van der Waals surface area (Å²) in [5, 5.41) is 13.5. The van der Waals surface area contributed by atoms with E-state index < -0.39 is 35.3 Å². The summed E-state index contributed by atoms with van der Waals surface area (Å²) in [6.07, 6.45) is 2.23. The lowest BCUT2D eigenvalue weighted by atomic mass is 9.81. The highest BCUT2D eigenvalue weighted by Gasteiger charge is 2.46. The van der Waals surface area contributed by atoms with Crippen LogP contribution in [0.4, 0.5) is 18.0 Å². The SMILES string of the molecule is Cc1ccccc1CN(C(=O)C1=C(c2ccc(CCCOc3c(F)ccc(F)c3F)cc2)CC2CNCC1N2C(=O)O)C1CC1. The molecule has 2 unspecified atom stereocenters. The molecule has 2 fully saturated rings. The van der Waals surface area contributed by atoms with Crippen LogP contribution in [-0.4, -0.2) is 64.7 Å². The average Bonchev–Trinajstić information content (AvgIpc) is 3.87. The van der Waals surface area contributed by atoms with Gasteiger partial charge < -0.3 is 20.1 Å². The summed E-state index contributed by atoms with van der Waals surface area (Å²) in [5.74, 6) is -4.30. The van der Waals surface area contributed by atoms with Crippen LogP contribution in [0.2, 0.25) is 0 Å². The molecule has 3 aromatic carbocycles. The number of benzene rings is 3. The van der Waals surface area contributed by atoms with Gasteiger partial charge in [0.1, 0.15) is 0 Å². The molecule has 10 heteroatoms. The number of piperazine rings is 1. The van der Waals surface area contributed by atoms with Crippen molar-refractivity contribution in [2.24, 2.45) is 0 Å². The number of hydrogen-bond acceptors (Lipinski definition) is 4. The molecule has 3 aliphatic rings. The number of aryl methyl sites for hydroxylation is 2. The van der Waals surface area contributed by atoms with E-state index in [1.807, 2.05) is 60.4 Å². The maximum Gasteiger partial charge on any atom is 0.408 e. The van der Waals surface area contributed by atoms with Gasteiger partial charge in [0, 0.05) is 31.2 Å². The first kappa shape index (κ1) is 30.7. The highest BCUT2D eigenvalue weighted by Crippen LogP contribution is 2.40. The molecule has 1 saturated heterocycles. The van der Waals surface area contributed by atoms with E-state index in [0.29, 0.717) is 44.5 Å². The molecule has 45 heavy (non-hydrogen) atoms. The van der Waals surface area contributed by atoms with Crippen LogP contribution in [0.5, 0.6) is 5.75 Å². The fourth-order valence-corrected chi connectivity index (χ4v) is 6.47. The fourth-order valence-electron chi connectivity index (χ4n) is 6.47. The van der Waals surface area contributed by atoms with Gasteiger partial charge in [0.05, 0.1) is 18.7 Å². The second kappa shape index (κ2) is 13.0. The van der Waals surface area contributed by atoms with Gasteiger partial charge in [0.2, 0.25) is 5.82 Å². The zero-order valence-corrected chi connectivity index (χ0v) is 25.1. The smallest absolute Gasteiger partial charge is 0.408 e. The minimum Gasteiger partial charge on any atom is -0.488 e. The van der Waals surface area contributed by atoms with Crippen LogP contribution < -0.4 is 10.1 Å². The highest BCUT2D eigenvalue weighted by atomic mass is 19.2. The molecule has 2 N–H and O–H groups in total. The van der Waals surface area contributed by atoms with Gasteiger partial charge in [-0.1, -0.05) is 48.5 Å². The lowest BCUT2D eigenvalue weighted by Gasteiger charge is -2.47. The van der Waals surface area contributed by atoms with Crippen molar-refractivity contribution in [2.75, 3.05) is 19.7 Å². The van der Waals surface area contributed by atoms with E-state index in [4.69, 9.17) is 4.74 Å². The molecule has 0 aromatic heterocycles. The predicted octanol–water partition coefficient (Wildman–Crippen LogP) is 6.09. The summed E-state index contributed by atoms with van der Waals surface area (Å²) in [4.78, 5) is 30.3. The minimum atomic E-state index is -1.34. The summed E-state index contributed by atoms with van der Waals surface area (Å²) in [6.45, 7) is 3.37. The van der Waals surface area contributed by atoms with Crippen molar-refractivity contribution in [1.82, 2.24) is 15.1 Å². The number of carboxylic acid groups (broad SMARTS) is 1. The third-order valence-electron chi connectivity index (χ3n) is 9.01. The molecule has 0 spiro atoms. The van der Waals surface area contributed by atoms with Gasteiger partial charge in [-0.15, -0.1) is 0 Å². The monoisotopic (exact) mass is 619 g/mol. The maximum atomic E-state index is 14.5. The normalized spacial score (nSPS) is 19.4. The Morgan fingerprint density at radius 2 is 1.73 bits per heavy atom. The van der Waals surface area contributed by atoms with Crippen molar-refractivity contribution in [3.63, 3.8) is 0 Å². The van der Waals surface area contributed by atoms with Crippen molar-refractivity contribution in [3.8, 4) is 5.75 Å². The summed E-state index contributed by atoms with van der Waals surface area (Å²) in [5.41, 5.74) is 5.41. The Bertz CT molecular complexity index is 1620. The highest BCUT2D eigenvalue weighted by molar-refractivity contribution is 6.04. The number of hydrogen-bond donors (Lipinski definition) is 2. The Hall–Kier alpha value is -4.31. The number of ether oxygens (including phenoxy) is 1. The van der Waals surface area contributed by atoms with E-state index in [1.165, 1.54) is 4.90 Å². The van der Waals surface area contributed by atoms with E-state index in [0.717, 1.165) is 52.8 Å². The van der Waals surface area contributed by atoms with Gasteiger partial charge in [0.15, 0.2) is 17.4 Å². The van der Waals surface area contributed by atoms with Crippen LogP contribution in [0, 0.1) is 24.4 Å². The van der Waals surface area contributed by atoms with Crippen molar-refractivity contribution in [1.29, 1.82) is 0 Å². The van der Waals surface area contributed by atoms with Crippen LogP contribution in [0.15, 0.2) is 66.2 Å². The Balaban J connectivity index is 1.25. The molecule has 3 aromatic rings. The average molecular weight is 620 g/mol. The van der Waals surface area contributed by atoms with Crippen molar-refractivity contribution < 1.29 is 32.6 Å². The number of rotatable bonds is 10.